The minimum absolute atomic E-state index is 0.0423. The van der Waals surface area contributed by atoms with Crippen LogP contribution < -0.4 is 15.0 Å². The Morgan fingerprint density at radius 2 is 2.14 bits per heavy atom. The minimum atomic E-state index is -3.82. The van der Waals surface area contributed by atoms with Gasteiger partial charge in [0.25, 0.3) is 5.56 Å². The third kappa shape index (κ3) is 5.47. The van der Waals surface area contributed by atoms with Gasteiger partial charge >= 0.3 is 0 Å². The molecule has 2 aromatic heterocycles. The molecule has 196 valence electrons. The second kappa shape index (κ2) is 11.1. The van der Waals surface area contributed by atoms with E-state index >= 15 is 0 Å². The van der Waals surface area contributed by atoms with Crippen molar-refractivity contribution in [1.82, 2.24) is 29.4 Å². The molecule has 1 unspecified atom stereocenters. The molecule has 1 aromatic carbocycles. The van der Waals surface area contributed by atoms with Crippen LogP contribution in [0.25, 0.3) is 22.4 Å². The summed E-state index contributed by atoms with van der Waals surface area (Å²) in [6, 6.07) is 4.89. The first-order valence-electron chi connectivity index (χ1n) is 13.6. The zero-order chi connectivity index (χ0) is 27.4. The number of nitrogens with one attached hydrogen (secondary N) is 2. The van der Waals surface area contributed by atoms with Crippen LogP contribution in [0.5, 0.6) is 5.75 Å². The SMILES string of the molecule is [2H]C([2H])n1nc(CCC)c2nc(-c3cc(S(=O)(=O)NCCC4CCCN4C)ccc3OCCC)[nH]c(=O)c21. The molecule has 36 heavy (non-hydrogen) atoms. The molecule has 1 aliphatic heterocycles. The number of aromatic amines is 1. The largest absolute Gasteiger partial charge is 0.493 e. The molecule has 1 aliphatic rings. The maximum atomic E-state index is 13.2. The lowest BCUT2D eigenvalue weighted by atomic mass is 10.1. The second-order valence-corrected chi connectivity index (χ2v) is 11.0. The summed E-state index contributed by atoms with van der Waals surface area (Å²) in [7, 11) is -1.77. The third-order valence-corrected chi connectivity index (χ3v) is 7.99. The van der Waals surface area contributed by atoms with Gasteiger partial charge in [0, 0.05) is 22.3 Å². The first kappa shape index (κ1) is 23.6. The molecular weight excluding hydrogens is 480 g/mol. The Morgan fingerprint density at radius 3 is 2.83 bits per heavy atom. The van der Waals surface area contributed by atoms with Gasteiger partial charge in [-0.1, -0.05) is 20.3 Å². The zero-order valence-electron chi connectivity index (χ0n) is 23.1. The van der Waals surface area contributed by atoms with Gasteiger partial charge in [0.15, 0.2) is 5.52 Å². The van der Waals surface area contributed by atoms with Gasteiger partial charge in [-0.25, -0.2) is 18.1 Å². The predicted molar refractivity (Wildman–Crippen MR) is 140 cm³/mol. The number of fused-ring (bicyclic) bond motifs is 1. The summed E-state index contributed by atoms with van der Waals surface area (Å²) in [6.07, 6.45) is 4.89. The fourth-order valence-corrected chi connectivity index (χ4v) is 5.70. The molecule has 1 saturated heterocycles. The van der Waals surface area contributed by atoms with Gasteiger partial charge in [0.2, 0.25) is 10.0 Å². The first-order chi connectivity index (χ1) is 18.2. The summed E-state index contributed by atoms with van der Waals surface area (Å²) in [5.41, 5.74) is 0.629. The zero-order valence-corrected chi connectivity index (χ0v) is 21.9. The number of H-pyrrole nitrogens is 1. The van der Waals surface area contributed by atoms with Crippen molar-refractivity contribution in [3.8, 4) is 17.1 Å². The minimum Gasteiger partial charge on any atom is -0.493 e. The molecule has 10 nitrogen and oxygen atoms in total. The maximum Gasteiger partial charge on any atom is 0.277 e. The Balaban J connectivity index is 1.74. The highest BCUT2D eigenvalue weighted by atomic mass is 32.2. The van der Waals surface area contributed by atoms with Crippen LogP contribution in [0.15, 0.2) is 27.9 Å². The molecule has 0 saturated carbocycles. The molecule has 0 amide bonds. The molecule has 0 spiro atoms. The van der Waals surface area contributed by atoms with Gasteiger partial charge in [-0.15, -0.1) is 0 Å². The monoisotopic (exact) mass is 518 g/mol. The number of aromatic nitrogens is 4. The van der Waals surface area contributed by atoms with Crippen molar-refractivity contribution in [2.75, 3.05) is 26.7 Å². The van der Waals surface area contributed by atoms with Crippen LogP contribution in [0.3, 0.4) is 0 Å². The van der Waals surface area contributed by atoms with Crippen LogP contribution in [-0.2, 0) is 23.4 Å². The standard InChI is InChI=1S/C25H36N6O4S/c1-5-8-20-22-23(31(4)29-20)25(32)28-24(27-22)19-16-18(10-11-21(19)35-15-6-2)36(33,34)26-13-12-17-9-7-14-30(17)3/h10-11,16-17,26H,5-9,12-15H2,1-4H3,(H,27,28,32)/i4D2. The lowest BCUT2D eigenvalue weighted by molar-refractivity contribution is 0.297. The predicted octanol–water partition coefficient (Wildman–Crippen LogP) is 2.83. The fourth-order valence-electron chi connectivity index (χ4n) is 4.63. The van der Waals surface area contributed by atoms with Crippen LogP contribution >= 0.6 is 0 Å². The average Bonchev–Trinajstić information content (AvgIpc) is 3.46. The van der Waals surface area contributed by atoms with E-state index in [2.05, 4.69) is 31.7 Å². The Kier molecular flexibility index (Phi) is 7.29. The van der Waals surface area contributed by atoms with Crippen molar-refractivity contribution in [2.24, 2.45) is 7.00 Å². The Bertz CT molecular complexity index is 1440. The Labute approximate surface area is 214 Å². The quantitative estimate of drug-likeness (QED) is 0.400. The van der Waals surface area contributed by atoms with E-state index in [0.717, 1.165) is 43.3 Å². The molecule has 0 aliphatic carbocycles. The van der Waals surface area contributed by atoms with Crippen LogP contribution in [-0.4, -0.2) is 65.9 Å². The van der Waals surface area contributed by atoms with Crippen LogP contribution in [0.2, 0.25) is 0 Å². The molecule has 0 bridgehead atoms. The van der Waals surface area contributed by atoms with Gasteiger partial charge < -0.3 is 14.6 Å². The van der Waals surface area contributed by atoms with Crippen molar-refractivity contribution in [3.63, 3.8) is 0 Å². The number of rotatable bonds is 11. The number of likely N-dealkylation sites (tertiary alicyclic amines) is 1. The van der Waals surface area contributed by atoms with Crippen molar-refractivity contribution in [2.45, 2.75) is 63.3 Å². The summed E-state index contributed by atoms with van der Waals surface area (Å²) in [5, 5.41) is 4.29. The van der Waals surface area contributed by atoms with Crippen LogP contribution in [0, 0.1) is 0 Å². The van der Waals surface area contributed by atoms with Crippen LogP contribution in [0.1, 0.15) is 54.4 Å². The van der Waals surface area contributed by atoms with Crippen LogP contribution in [0.4, 0.5) is 0 Å². The molecule has 0 radical (unpaired) electrons. The second-order valence-electron chi connectivity index (χ2n) is 9.22. The molecule has 1 fully saturated rings. The van der Waals surface area contributed by atoms with Gasteiger partial charge in [-0.3, -0.25) is 9.48 Å². The highest BCUT2D eigenvalue weighted by Gasteiger charge is 2.23. The summed E-state index contributed by atoms with van der Waals surface area (Å²) in [6.45, 7) is 4.16. The van der Waals surface area contributed by atoms with Crippen molar-refractivity contribution in [1.29, 1.82) is 0 Å². The van der Waals surface area contributed by atoms with Gasteiger partial charge in [-0.2, -0.15) is 5.10 Å². The lowest BCUT2D eigenvalue weighted by Gasteiger charge is -2.19. The van der Waals surface area contributed by atoms with Gasteiger partial charge in [-0.05, 0) is 63.9 Å². The molecule has 3 heterocycles. The van der Waals surface area contributed by atoms with Crippen molar-refractivity contribution < 1.29 is 15.9 Å². The topological polar surface area (TPSA) is 122 Å². The Morgan fingerprint density at radius 1 is 1.31 bits per heavy atom. The van der Waals surface area contributed by atoms with E-state index in [-0.39, 0.29) is 16.2 Å². The number of sulfonamides is 1. The summed E-state index contributed by atoms with van der Waals surface area (Å²) >= 11 is 0. The van der Waals surface area contributed by atoms with Gasteiger partial charge in [0.1, 0.15) is 17.1 Å². The summed E-state index contributed by atoms with van der Waals surface area (Å²) < 4.78 is 51.5. The highest BCUT2D eigenvalue weighted by molar-refractivity contribution is 7.89. The fraction of sp³-hybridized carbons (Fsp3) is 0.560. The summed E-state index contributed by atoms with van der Waals surface area (Å²) in [5.74, 6) is 0.533. The molecule has 11 heteroatoms. The van der Waals surface area contributed by atoms with Gasteiger partial charge in [0.05, 0.1) is 22.8 Å². The van der Waals surface area contributed by atoms with E-state index in [1.807, 2.05) is 13.8 Å². The molecule has 2 N–H and O–H groups in total. The van der Waals surface area contributed by atoms with E-state index in [1.54, 1.807) is 6.07 Å². The number of nitrogens with zero attached hydrogens (tertiary/aromatic N) is 4. The van der Waals surface area contributed by atoms with E-state index in [0.29, 0.717) is 48.1 Å². The van der Waals surface area contributed by atoms with E-state index in [4.69, 9.17) is 7.48 Å². The molecular formula is C25H36N6O4S. The normalized spacial score (nSPS) is 17.6. The number of ether oxygens (including phenoxy) is 1. The highest BCUT2D eigenvalue weighted by Crippen LogP contribution is 2.31. The maximum absolute atomic E-state index is 13.2. The van der Waals surface area contributed by atoms with E-state index in [9.17, 15) is 13.2 Å². The smallest absolute Gasteiger partial charge is 0.277 e. The number of hydrogen-bond acceptors (Lipinski definition) is 7. The molecule has 1 atom stereocenters. The Hall–Kier alpha value is -2.76. The number of hydrogen-bond donors (Lipinski definition) is 2. The lowest BCUT2D eigenvalue weighted by Crippen LogP contribution is -2.31. The summed E-state index contributed by atoms with van der Waals surface area (Å²) in [4.78, 5) is 22.8. The van der Waals surface area contributed by atoms with Crippen molar-refractivity contribution in [3.05, 3.63) is 34.2 Å². The first-order valence-corrected chi connectivity index (χ1v) is 14.0. The molecule has 4 rings (SSSR count). The molecule has 3 aromatic rings. The third-order valence-electron chi connectivity index (χ3n) is 6.53. The number of aryl methyl sites for hydroxylation is 2. The average molecular weight is 519 g/mol. The number of benzene rings is 1. The van der Waals surface area contributed by atoms with E-state index in [1.165, 1.54) is 12.1 Å². The van der Waals surface area contributed by atoms with Crippen molar-refractivity contribution >= 4 is 21.1 Å². The van der Waals surface area contributed by atoms with E-state index < -0.39 is 22.6 Å².